The first-order valence-corrected chi connectivity index (χ1v) is 17.1. The molecule has 45 heavy (non-hydrogen) atoms. The van der Waals surface area contributed by atoms with Crippen molar-refractivity contribution >= 4 is 39.1 Å². The van der Waals surface area contributed by atoms with Crippen LogP contribution in [0, 0.1) is 6.92 Å². The summed E-state index contributed by atoms with van der Waals surface area (Å²) in [6, 6.07) is 30.9. The van der Waals surface area contributed by atoms with Crippen molar-refractivity contribution in [1.29, 1.82) is 0 Å². The lowest BCUT2D eigenvalue weighted by Gasteiger charge is -2.34. The number of carbonyl (C=O) groups excluding carboxylic acids is 2. The number of nitrogens with one attached hydrogen (secondary N) is 1. The van der Waals surface area contributed by atoms with Gasteiger partial charge in [0.2, 0.25) is 11.8 Å². The molecule has 234 valence electrons. The second-order valence-electron chi connectivity index (χ2n) is 11.4. The van der Waals surface area contributed by atoms with Crippen LogP contribution in [0.1, 0.15) is 42.4 Å². The second kappa shape index (κ2) is 14.8. The maximum atomic E-state index is 14.6. The fraction of sp³-hybridized carbons (Fsp3) is 0.278. The minimum absolute atomic E-state index is 0.0445. The summed E-state index contributed by atoms with van der Waals surface area (Å²) >= 11 is 6.30. The highest BCUT2D eigenvalue weighted by Crippen LogP contribution is 2.27. The van der Waals surface area contributed by atoms with Crippen LogP contribution < -0.4 is 9.62 Å². The molecule has 1 saturated carbocycles. The molecular weight excluding hydrogens is 606 g/mol. The number of sulfonamides is 1. The van der Waals surface area contributed by atoms with Crippen molar-refractivity contribution in [1.82, 2.24) is 10.2 Å². The zero-order valence-electron chi connectivity index (χ0n) is 25.3. The molecule has 0 aromatic heterocycles. The number of anilines is 1. The molecule has 2 amide bonds. The summed E-state index contributed by atoms with van der Waals surface area (Å²) in [6.45, 7) is 1.57. The Hall–Kier alpha value is -4.14. The minimum Gasteiger partial charge on any atom is -0.352 e. The van der Waals surface area contributed by atoms with Crippen LogP contribution in [0.15, 0.2) is 114 Å². The van der Waals surface area contributed by atoms with Gasteiger partial charge in [-0.25, -0.2) is 8.42 Å². The largest absolute Gasteiger partial charge is 0.352 e. The van der Waals surface area contributed by atoms with E-state index in [0.717, 1.165) is 46.7 Å². The molecule has 0 saturated heterocycles. The molecule has 5 rings (SSSR count). The number of rotatable bonds is 12. The van der Waals surface area contributed by atoms with Crippen LogP contribution in [-0.2, 0) is 32.6 Å². The lowest BCUT2D eigenvalue weighted by Crippen LogP contribution is -2.54. The molecule has 7 nitrogen and oxygen atoms in total. The lowest BCUT2D eigenvalue weighted by molar-refractivity contribution is -0.140. The van der Waals surface area contributed by atoms with E-state index in [-0.39, 0.29) is 35.5 Å². The third kappa shape index (κ3) is 8.12. The third-order valence-corrected chi connectivity index (χ3v) is 10.3. The van der Waals surface area contributed by atoms with Gasteiger partial charge in [-0.1, -0.05) is 103 Å². The van der Waals surface area contributed by atoms with Crippen LogP contribution in [-0.4, -0.2) is 43.8 Å². The Morgan fingerprint density at radius 3 is 2.18 bits per heavy atom. The monoisotopic (exact) mass is 643 g/mol. The van der Waals surface area contributed by atoms with Gasteiger partial charge >= 0.3 is 0 Å². The fourth-order valence-electron chi connectivity index (χ4n) is 5.77. The van der Waals surface area contributed by atoms with Gasteiger partial charge in [-0.05, 0) is 66.8 Å². The highest BCUT2D eigenvalue weighted by atomic mass is 35.5. The first-order chi connectivity index (χ1) is 21.7. The van der Waals surface area contributed by atoms with Crippen LogP contribution in [0.3, 0.4) is 0 Å². The Bertz CT molecular complexity index is 1710. The Morgan fingerprint density at radius 2 is 1.51 bits per heavy atom. The van der Waals surface area contributed by atoms with E-state index in [0.29, 0.717) is 5.02 Å². The number of amides is 2. The Kier molecular flexibility index (Phi) is 10.6. The van der Waals surface area contributed by atoms with Crippen molar-refractivity contribution < 1.29 is 18.0 Å². The fourth-order valence-corrected chi connectivity index (χ4v) is 7.38. The van der Waals surface area contributed by atoms with Crippen LogP contribution in [0.5, 0.6) is 0 Å². The summed E-state index contributed by atoms with van der Waals surface area (Å²) in [6.07, 6.45) is 4.17. The molecule has 0 radical (unpaired) electrons. The van der Waals surface area contributed by atoms with Gasteiger partial charge in [0.25, 0.3) is 10.0 Å². The van der Waals surface area contributed by atoms with E-state index in [9.17, 15) is 18.0 Å². The number of carbonyl (C=O) groups is 2. The predicted molar refractivity (Wildman–Crippen MR) is 178 cm³/mol. The van der Waals surface area contributed by atoms with E-state index in [1.165, 1.54) is 23.1 Å². The van der Waals surface area contributed by atoms with E-state index >= 15 is 0 Å². The summed E-state index contributed by atoms with van der Waals surface area (Å²) in [5.41, 5.74) is 2.99. The molecule has 0 heterocycles. The Balaban J connectivity index is 1.57. The van der Waals surface area contributed by atoms with Gasteiger partial charge < -0.3 is 10.2 Å². The van der Waals surface area contributed by atoms with Crippen LogP contribution >= 0.6 is 11.6 Å². The molecule has 0 unspecified atom stereocenters. The van der Waals surface area contributed by atoms with Crippen LogP contribution in [0.2, 0.25) is 5.02 Å². The minimum atomic E-state index is -4.18. The quantitative estimate of drug-likeness (QED) is 0.190. The van der Waals surface area contributed by atoms with Gasteiger partial charge in [-0.15, -0.1) is 0 Å². The van der Waals surface area contributed by atoms with Crippen molar-refractivity contribution in [3.05, 3.63) is 131 Å². The van der Waals surface area contributed by atoms with Gasteiger partial charge in [0.15, 0.2) is 0 Å². The number of aryl methyl sites for hydroxylation is 1. The summed E-state index contributed by atoms with van der Waals surface area (Å²) in [5, 5.41) is 3.54. The van der Waals surface area contributed by atoms with E-state index in [4.69, 9.17) is 11.6 Å². The number of halogens is 1. The highest BCUT2D eigenvalue weighted by Gasteiger charge is 2.35. The molecule has 1 aliphatic carbocycles. The van der Waals surface area contributed by atoms with Crippen LogP contribution in [0.25, 0.3) is 0 Å². The Morgan fingerprint density at radius 1 is 0.867 bits per heavy atom. The van der Waals surface area contributed by atoms with Gasteiger partial charge in [0, 0.05) is 24.0 Å². The summed E-state index contributed by atoms with van der Waals surface area (Å²) in [4.78, 5) is 30.3. The number of benzene rings is 4. The zero-order valence-corrected chi connectivity index (χ0v) is 26.9. The van der Waals surface area contributed by atoms with Crippen molar-refractivity contribution in [2.45, 2.75) is 62.6 Å². The van der Waals surface area contributed by atoms with Crippen molar-refractivity contribution in [3.63, 3.8) is 0 Å². The molecule has 1 fully saturated rings. The smallest absolute Gasteiger partial charge is 0.264 e. The molecule has 1 aliphatic rings. The maximum Gasteiger partial charge on any atom is 0.264 e. The molecule has 0 bridgehead atoms. The van der Waals surface area contributed by atoms with Crippen LogP contribution in [0.4, 0.5) is 5.69 Å². The number of nitrogens with zero attached hydrogens (tertiary/aromatic N) is 2. The lowest BCUT2D eigenvalue weighted by atomic mass is 10.0. The van der Waals surface area contributed by atoms with Crippen molar-refractivity contribution in [2.24, 2.45) is 0 Å². The maximum absolute atomic E-state index is 14.6. The SMILES string of the molecule is Cc1ccccc1CN(C(=O)CN(c1cccc(Cl)c1)S(=O)(=O)c1ccccc1)[C@H](Cc1ccccc1)C(=O)NC1CCCC1. The first kappa shape index (κ1) is 32.3. The molecule has 1 N–H and O–H groups in total. The zero-order chi connectivity index (χ0) is 31.8. The van der Waals surface area contributed by atoms with E-state index in [1.54, 1.807) is 36.4 Å². The standard InChI is InChI=1S/C36H38ClN3O4S/c1-27-13-8-9-16-29(27)25-39(34(23-28-14-4-2-5-15-28)36(42)38-31-18-10-11-19-31)35(41)26-40(32-20-12-17-30(37)24-32)45(43,44)33-21-6-3-7-22-33/h2-9,12-17,20-22,24,31,34H,10-11,18-19,23,25-26H2,1H3,(H,38,42)/t34-/m1/s1. The van der Waals surface area contributed by atoms with Gasteiger partial charge in [-0.3, -0.25) is 13.9 Å². The van der Waals surface area contributed by atoms with Gasteiger partial charge in [-0.2, -0.15) is 0 Å². The molecule has 9 heteroatoms. The summed E-state index contributed by atoms with van der Waals surface area (Å²) in [5.74, 6) is -0.742. The first-order valence-electron chi connectivity index (χ1n) is 15.2. The molecular formula is C36H38ClN3O4S. The second-order valence-corrected chi connectivity index (χ2v) is 13.7. The predicted octanol–water partition coefficient (Wildman–Crippen LogP) is 6.54. The highest BCUT2D eigenvalue weighted by molar-refractivity contribution is 7.92. The Labute approximate surface area is 270 Å². The normalized spacial score (nSPS) is 14.1. The average molecular weight is 644 g/mol. The van der Waals surface area contributed by atoms with E-state index in [2.05, 4.69) is 5.32 Å². The number of hydrogen-bond donors (Lipinski definition) is 1. The molecule has 1 atom stereocenters. The molecule has 4 aromatic rings. The van der Waals surface area contributed by atoms with Gasteiger partial charge in [0.05, 0.1) is 10.6 Å². The molecule has 0 aliphatic heterocycles. The molecule has 0 spiro atoms. The van der Waals surface area contributed by atoms with Crippen molar-refractivity contribution in [3.8, 4) is 0 Å². The van der Waals surface area contributed by atoms with Crippen molar-refractivity contribution in [2.75, 3.05) is 10.8 Å². The van der Waals surface area contributed by atoms with E-state index in [1.807, 2.05) is 61.5 Å². The third-order valence-electron chi connectivity index (χ3n) is 8.28. The van der Waals surface area contributed by atoms with E-state index < -0.39 is 28.5 Å². The summed E-state index contributed by atoms with van der Waals surface area (Å²) in [7, 11) is -4.18. The number of hydrogen-bond acceptors (Lipinski definition) is 4. The molecule has 4 aromatic carbocycles. The average Bonchev–Trinajstić information content (AvgIpc) is 3.56. The summed E-state index contributed by atoms with van der Waals surface area (Å²) < 4.78 is 29.2. The topological polar surface area (TPSA) is 86.8 Å². The van der Waals surface area contributed by atoms with Gasteiger partial charge in [0.1, 0.15) is 12.6 Å².